The Hall–Kier alpha value is -3.52. The molecule has 0 spiro atoms. The molecule has 0 N–H and O–H groups in total. The SMILES string of the molecule is C=CC1=C(C=C)N(c2ccccc2)c2ccccc2N1c1ccccc1.CC. The summed E-state index contributed by atoms with van der Waals surface area (Å²) < 4.78 is 0. The lowest BCUT2D eigenvalue weighted by molar-refractivity contribution is 1.07. The highest BCUT2D eigenvalue weighted by Crippen LogP contribution is 2.47. The number of nitrogens with zero attached hydrogens (tertiary/aromatic N) is 2. The number of fused-ring (bicyclic) bond motifs is 1. The zero-order chi connectivity index (χ0) is 19.9. The fraction of sp³-hybridized carbons (Fsp3) is 0.0769. The van der Waals surface area contributed by atoms with Crippen LogP contribution in [-0.2, 0) is 0 Å². The van der Waals surface area contributed by atoms with Crippen molar-refractivity contribution < 1.29 is 0 Å². The Morgan fingerprint density at radius 2 is 0.857 bits per heavy atom. The van der Waals surface area contributed by atoms with E-state index in [4.69, 9.17) is 0 Å². The van der Waals surface area contributed by atoms with Crippen LogP contribution in [0.1, 0.15) is 13.8 Å². The number of rotatable bonds is 4. The van der Waals surface area contributed by atoms with E-state index in [1.807, 2.05) is 38.1 Å². The maximum Gasteiger partial charge on any atom is 0.0703 e. The van der Waals surface area contributed by atoms with Crippen molar-refractivity contribution in [2.24, 2.45) is 0 Å². The molecule has 3 aromatic rings. The molecule has 140 valence electrons. The van der Waals surface area contributed by atoms with Gasteiger partial charge in [0.15, 0.2) is 0 Å². The van der Waals surface area contributed by atoms with Gasteiger partial charge in [0, 0.05) is 11.4 Å². The summed E-state index contributed by atoms with van der Waals surface area (Å²) in [6.07, 6.45) is 3.80. The molecule has 1 aliphatic heterocycles. The summed E-state index contributed by atoms with van der Waals surface area (Å²) in [4.78, 5) is 4.47. The summed E-state index contributed by atoms with van der Waals surface area (Å²) in [6.45, 7) is 12.2. The zero-order valence-electron chi connectivity index (χ0n) is 16.5. The van der Waals surface area contributed by atoms with E-state index in [2.05, 4.69) is 95.8 Å². The average Bonchev–Trinajstić information content (AvgIpc) is 2.79. The van der Waals surface area contributed by atoms with Gasteiger partial charge in [-0.1, -0.05) is 75.5 Å². The summed E-state index contributed by atoms with van der Waals surface area (Å²) >= 11 is 0. The lowest BCUT2D eigenvalue weighted by Crippen LogP contribution is -2.30. The van der Waals surface area contributed by atoms with Crippen LogP contribution in [0, 0.1) is 0 Å². The van der Waals surface area contributed by atoms with Gasteiger partial charge in [-0.25, -0.2) is 0 Å². The van der Waals surface area contributed by atoms with Crippen molar-refractivity contribution in [1.82, 2.24) is 0 Å². The Labute approximate surface area is 168 Å². The highest BCUT2D eigenvalue weighted by Gasteiger charge is 2.29. The van der Waals surface area contributed by atoms with Crippen molar-refractivity contribution in [3.05, 3.63) is 122 Å². The molecule has 0 amide bonds. The maximum atomic E-state index is 4.09. The van der Waals surface area contributed by atoms with Crippen LogP contribution in [0.3, 0.4) is 0 Å². The van der Waals surface area contributed by atoms with Crippen LogP contribution in [0.2, 0.25) is 0 Å². The molecule has 1 aliphatic rings. The van der Waals surface area contributed by atoms with Crippen molar-refractivity contribution >= 4 is 22.7 Å². The molecule has 0 unspecified atom stereocenters. The Morgan fingerprint density at radius 3 is 1.18 bits per heavy atom. The molecule has 2 heteroatoms. The molecule has 28 heavy (non-hydrogen) atoms. The van der Waals surface area contributed by atoms with Gasteiger partial charge in [-0.15, -0.1) is 0 Å². The minimum absolute atomic E-state index is 1.01. The molecule has 3 aromatic carbocycles. The Kier molecular flexibility index (Phi) is 6.13. The first kappa shape index (κ1) is 19.2. The van der Waals surface area contributed by atoms with Gasteiger partial charge in [-0.05, 0) is 48.6 Å². The number of anilines is 4. The highest BCUT2D eigenvalue weighted by atomic mass is 15.3. The number of para-hydroxylation sites is 4. The van der Waals surface area contributed by atoms with Crippen LogP contribution in [0.15, 0.2) is 122 Å². The van der Waals surface area contributed by atoms with E-state index >= 15 is 0 Å². The second-order valence-corrected chi connectivity index (χ2v) is 6.01. The van der Waals surface area contributed by atoms with E-state index in [1.165, 1.54) is 0 Å². The van der Waals surface area contributed by atoms with Gasteiger partial charge >= 0.3 is 0 Å². The van der Waals surface area contributed by atoms with E-state index in [0.29, 0.717) is 0 Å². The fourth-order valence-corrected chi connectivity index (χ4v) is 3.43. The predicted molar refractivity (Wildman–Crippen MR) is 122 cm³/mol. The van der Waals surface area contributed by atoms with Crippen molar-refractivity contribution in [3.8, 4) is 0 Å². The third-order valence-corrected chi connectivity index (χ3v) is 4.52. The minimum atomic E-state index is 1.01. The number of allylic oxidation sites excluding steroid dienone is 2. The molecule has 2 nitrogen and oxygen atoms in total. The second kappa shape index (κ2) is 8.92. The summed E-state index contributed by atoms with van der Waals surface area (Å²) in [7, 11) is 0. The largest absolute Gasteiger partial charge is 0.306 e. The lowest BCUT2D eigenvalue weighted by Gasteiger charge is -2.40. The standard InChI is InChI=1S/C24H20N2.C2H6/c1-3-21-22(4-2)26(20-15-9-6-10-16-20)24-18-12-11-17-23(24)25(21)19-13-7-5-8-14-19;1-2/h3-18H,1-2H2;1-2H3. The predicted octanol–water partition coefficient (Wildman–Crippen LogP) is 7.59. The van der Waals surface area contributed by atoms with Gasteiger partial charge in [-0.2, -0.15) is 0 Å². The van der Waals surface area contributed by atoms with Crippen LogP contribution in [0.4, 0.5) is 22.7 Å². The Bertz CT molecular complexity index is 891. The van der Waals surface area contributed by atoms with E-state index in [1.54, 1.807) is 0 Å². The zero-order valence-corrected chi connectivity index (χ0v) is 16.5. The molecule has 0 bridgehead atoms. The quantitative estimate of drug-likeness (QED) is 0.469. The Balaban J connectivity index is 0.00000109. The molecule has 0 radical (unpaired) electrons. The Morgan fingerprint density at radius 1 is 0.536 bits per heavy atom. The molecule has 0 aromatic heterocycles. The molecular weight excluding hydrogens is 340 g/mol. The van der Waals surface area contributed by atoms with Crippen LogP contribution >= 0.6 is 0 Å². The normalized spacial score (nSPS) is 12.6. The summed E-state index contributed by atoms with van der Waals surface area (Å²) in [5.41, 5.74) is 6.44. The van der Waals surface area contributed by atoms with Gasteiger partial charge in [0.05, 0.1) is 22.8 Å². The second-order valence-electron chi connectivity index (χ2n) is 6.01. The number of hydrogen-bond donors (Lipinski definition) is 0. The first-order valence-corrected chi connectivity index (χ1v) is 9.63. The van der Waals surface area contributed by atoms with E-state index in [9.17, 15) is 0 Å². The van der Waals surface area contributed by atoms with E-state index in [-0.39, 0.29) is 0 Å². The first-order chi connectivity index (χ1) is 13.8. The van der Waals surface area contributed by atoms with Crippen molar-refractivity contribution in [3.63, 3.8) is 0 Å². The van der Waals surface area contributed by atoms with Gasteiger partial charge in [0.2, 0.25) is 0 Å². The summed E-state index contributed by atoms with van der Waals surface area (Å²) in [5.74, 6) is 0. The monoisotopic (exact) mass is 366 g/mol. The molecule has 1 heterocycles. The third kappa shape index (κ3) is 3.37. The van der Waals surface area contributed by atoms with Gasteiger partial charge in [0.1, 0.15) is 0 Å². The summed E-state index contributed by atoms with van der Waals surface area (Å²) in [5, 5.41) is 0. The topological polar surface area (TPSA) is 6.48 Å². The van der Waals surface area contributed by atoms with Crippen LogP contribution in [0.25, 0.3) is 0 Å². The first-order valence-electron chi connectivity index (χ1n) is 9.63. The molecule has 4 rings (SSSR count). The lowest BCUT2D eigenvalue weighted by atomic mass is 10.0. The van der Waals surface area contributed by atoms with Crippen molar-refractivity contribution in [2.45, 2.75) is 13.8 Å². The number of benzene rings is 3. The van der Waals surface area contributed by atoms with Gasteiger partial charge in [-0.3, -0.25) is 0 Å². The summed E-state index contributed by atoms with van der Waals surface area (Å²) in [6, 6.07) is 29.1. The molecule has 0 atom stereocenters. The average molecular weight is 367 g/mol. The van der Waals surface area contributed by atoms with Crippen LogP contribution in [-0.4, -0.2) is 0 Å². The molecular formula is C26H26N2. The maximum absolute atomic E-state index is 4.09. The fourth-order valence-electron chi connectivity index (χ4n) is 3.43. The van der Waals surface area contributed by atoms with E-state index < -0.39 is 0 Å². The van der Waals surface area contributed by atoms with Crippen LogP contribution < -0.4 is 9.80 Å². The molecule has 0 saturated heterocycles. The van der Waals surface area contributed by atoms with Crippen molar-refractivity contribution in [1.29, 1.82) is 0 Å². The van der Waals surface area contributed by atoms with Gasteiger partial charge < -0.3 is 9.80 Å². The van der Waals surface area contributed by atoms with E-state index in [0.717, 1.165) is 34.1 Å². The van der Waals surface area contributed by atoms with Gasteiger partial charge in [0.25, 0.3) is 0 Å². The highest BCUT2D eigenvalue weighted by molar-refractivity contribution is 5.90. The molecule has 0 fully saturated rings. The molecule has 0 saturated carbocycles. The third-order valence-electron chi connectivity index (χ3n) is 4.52. The smallest absolute Gasteiger partial charge is 0.0703 e. The molecule has 0 aliphatic carbocycles. The van der Waals surface area contributed by atoms with Crippen LogP contribution in [0.5, 0.6) is 0 Å². The van der Waals surface area contributed by atoms with Crippen molar-refractivity contribution in [2.75, 3.05) is 9.80 Å². The number of hydrogen-bond acceptors (Lipinski definition) is 2. The minimum Gasteiger partial charge on any atom is -0.306 e.